The van der Waals surface area contributed by atoms with E-state index in [2.05, 4.69) is 26.6 Å². The van der Waals surface area contributed by atoms with E-state index in [4.69, 9.17) is 4.74 Å². The van der Waals surface area contributed by atoms with E-state index >= 15 is 0 Å². The first kappa shape index (κ1) is 23.5. The second-order valence-electron chi connectivity index (χ2n) is 7.70. The van der Waals surface area contributed by atoms with E-state index in [1.807, 2.05) is 0 Å². The van der Waals surface area contributed by atoms with Crippen molar-refractivity contribution >= 4 is 31.7 Å². The Labute approximate surface area is 182 Å². The molecule has 3 rings (SSSR count). The van der Waals surface area contributed by atoms with Crippen LogP contribution < -0.4 is 10.6 Å². The molecule has 0 saturated heterocycles. The lowest BCUT2D eigenvalue weighted by atomic mass is 10.0. The molecule has 6 nitrogen and oxygen atoms in total. The molecule has 0 spiro atoms. The van der Waals surface area contributed by atoms with Crippen molar-refractivity contribution in [2.24, 2.45) is 5.92 Å². The Morgan fingerprint density at radius 1 is 1.30 bits per heavy atom. The predicted octanol–water partition coefficient (Wildman–Crippen LogP) is 3.25. The van der Waals surface area contributed by atoms with Crippen LogP contribution in [0.1, 0.15) is 38.2 Å². The highest BCUT2D eigenvalue weighted by molar-refractivity contribution is 9.10. The third-order valence-electron chi connectivity index (χ3n) is 5.76. The first-order chi connectivity index (χ1) is 13.9. The number of ether oxygens (including phenoxy) is 1. The molecule has 0 bridgehead atoms. The highest BCUT2D eigenvalue weighted by Gasteiger charge is 2.50. The zero-order chi connectivity index (χ0) is 22.3. The van der Waals surface area contributed by atoms with E-state index in [-0.39, 0.29) is 29.8 Å². The van der Waals surface area contributed by atoms with E-state index in [1.54, 1.807) is 14.0 Å². The SMILES string of the molecule is CCO[C@H]1CC(S(=O)(=O)c2ccc(Br)cc2C(F)(F)F)CC1C(=O)NC1(NC)CC1. The molecule has 2 saturated carbocycles. The Morgan fingerprint density at radius 3 is 2.50 bits per heavy atom. The number of hydrogen-bond donors (Lipinski definition) is 2. The summed E-state index contributed by atoms with van der Waals surface area (Å²) in [7, 11) is -2.61. The molecule has 3 atom stereocenters. The Balaban J connectivity index is 1.89. The van der Waals surface area contributed by atoms with Gasteiger partial charge in [-0.15, -0.1) is 0 Å². The summed E-state index contributed by atoms with van der Waals surface area (Å²) >= 11 is 2.96. The Morgan fingerprint density at radius 2 is 1.97 bits per heavy atom. The van der Waals surface area contributed by atoms with Crippen LogP contribution in [0.4, 0.5) is 13.2 Å². The van der Waals surface area contributed by atoms with E-state index in [0.29, 0.717) is 0 Å². The van der Waals surface area contributed by atoms with Crippen molar-refractivity contribution < 1.29 is 31.1 Å². The molecule has 1 aromatic carbocycles. The average molecular weight is 513 g/mol. The summed E-state index contributed by atoms with van der Waals surface area (Å²) in [5.41, 5.74) is -1.70. The Hall–Kier alpha value is -1.17. The van der Waals surface area contributed by atoms with Crippen molar-refractivity contribution in [1.29, 1.82) is 0 Å². The van der Waals surface area contributed by atoms with Crippen molar-refractivity contribution in [2.75, 3.05) is 13.7 Å². The van der Waals surface area contributed by atoms with Gasteiger partial charge in [0.1, 0.15) is 0 Å². The van der Waals surface area contributed by atoms with Crippen LogP contribution in [-0.4, -0.2) is 45.0 Å². The number of halogens is 4. The van der Waals surface area contributed by atoms with Crippen molar-refractivity contribution in [3.63, 3.8) is 0 Å². The average Bonchev–Trinajstić information content (AvgIpc) is 3.29. The minimum absolute atomic E-state index is 0.0336. The number of sulfone groups is 1. The van der Waals surface area contributed by atoms with Crippen LogP contribution in [0.15, 0.2) is 27.6 Å². The van der Waals surface area contributed by atoms with Crippen LogP contribution in [0.3, 0.4) is 0 Å². The van der Waals surface area contributed by atoms with Crippen LogP contribution in [0.2, 0.25) is 0 Å². The lowest BCUT2D eigenvalue weighted by molar-refractivity contribution is -0.140. The smallest absolute Gasteiger partial charge is 0.378 e. The molecular weight excluding hydrogens is 489 g/mol. The lowest BCUT2D eigenvalue weighted by Crippen LogP contribution is -2.49. The highest BCUT2D eigenvalue weighted by atomic mass is 79.9. The van der Waals surface area contributed by atoms with E-state index in [1.165, 1.54) is 6.07 Å². The monoisotopic (exact) mass is 512 g/mol. The van der Waals surface area contributed by atoms with Gasteiger partial charge in [0.25, 0.3) is 0 Å². The summed E-state index contributed by atoms with van der Waals surface area (Å²) in [6, 6.07) is 2.99. The first-order valence-electron chi connectivity index (χ1n) is 9.66. The molecule has 30 heavy (non-hydrogen) atoms. The van der Waals surface area contributed by atoms with Crippen LogP contribution in [0.5, 0.6) is 0 Å². The van der Waals surface area contributed by atoms with E-state index in [9.17, 15) is 26.4 Å². The predicted molar refractivity (Wildman–Crippen MR) is 107 cm³/mol. The number of nitrogens with one attached hydrogen (secondary N) is 2. The quantitative estimate of drug-likeness (QED) is 0.547. The number of rotatable bonds is 7. The molecule has 1 amide bonds. The topological polar surface area (TPSA) is 84.5 Å². The summed E-state index contributed by atoms with van der Waals surface area (Å²) in [6.45, 7) is 1.99. The van der Waals surface area contributed by atoms with Crippen LogP contribution in [0, 0.1) is 5.92 Å². The highest BCUT2D eigenvalue weighted by Crippen LogP contribution is 2.42. The maximum atomic E-state index is 13.5. The van der Waals surface area contributed by atoms with Crippen molar-refractivity contribution in [3.05, 3.63) is 28.2 Å². The van der Waals surface area contributed by atoms with Gasteiger partial charge in [0.2, 0.25) is 5.91 Å². The molecule has 2 aliphatic rings. The maximum absolute atomic E-state index is 13.5. The van der Waals surface area contributed by atoms with Crippen molar-refractivity contribution in [1.82, 2.24) is 10.6 Å². The summed E-state index contributed by atoms with van der Waals surface area (Å²) in [4.78, 5) is 12.0. The van der Waals surface area contributed by atoms with Gasteiger partial charge >= 0.3 is 6.18 Å². The van der Waals surface area contributed by atoms with Gasteiger partial charge in [0, 0.05) is 11.1 Å². The molecule has 2 N–H and O–H groups in total. The van der Waals surface area contributed by atoms with E-state index < -0.39 is 49.4 Å². The van der Waals surface area contributed by atoms with Gasteiger partial charge in [-0.2, -0.15) is 13.2 Å². The second-order valence-corrected chi connectivity index (χ2v) is 10.8. The standard InChI is InChI=1S/C19H24BrF3N2O4S/c1-3-29-15-10-12(9-13(15)17(26)25-18(24-2)6-7-18)30(27,28)16-5-4-11(20)8-14(16)19(21,22)23/h4-5,8,12-13,15,24H,3,6-7,9-10H2,1-2H3,(H,25,26)/t12?,13?,15-/m0/s1. The van der Waals surface area contributed by atoms with Gasteiger partial charge in [0.05, 0.1) is 33.4 Å². The molecule has 2 aliphatic carbocycles. The molecule has 168 valence electrons. The summed E-state index contributed by atoms with van der Waals surface area (Å²) < 4.78 is 72.6. The molecule has 1 aromatic rings. The number of benzene rings is 1. The number of hydrogen-bond acceptors (Lipinski definition) is 5. The zero-order valence-electron chi connectivity index (χ0n) is 16.6. The third kappa shape index (κ3) is 4.68. The fraction of sp³-hybridized carbons (Fsp3) is 0.632. The summed E-state index contributed by atoms with van der Waals surface area (Å²) in [5, 5.41) is 4.78. The molecule has 2 unspecified atom stereocenters. The van der Waals surface area contributed by atoms with Gasteiger partial charge in [0.15, 0.2) is 9.84 Å². The number of alkyl halides is 3. The maximum Gasteiger partial charge on any atom is 0.417 e. The van der Waals surface area contributed by atoms with Crippen LogP contribution >= 0.6 is 15.9 Å². The lowest BCUT2D eigenvalue weighted by Gasteiger charge is -2.23. The molecule has 0 heterocycles. The molecule has 11 heteroatoms. The van der Waals surface area contributed by atoms with Gasteiger partial charge in [-0.05, 0) is 57.9 Å². The zero-order valence-corrected chi connectivity index (χ0v) is 19.0. The van der Waals surface area contributed by atoms with Crippen LogP contribution in [-0.2, 0) is 25.5 Å². The number of carbonyl (C=O) groups is 1. The molecular formula is C19H24BrF3N2O4S. The normalized spacial score (nSPS) is 25.9. The molecule has 0 aromatic heterocycles. The van der Waals surface area contributed by atoms with Gasteiger partial charge in [-0.25, -0.2) is 8.42 Å². The van der Waals surface area contributed by atoms with Gasteiger partial charge < -0.3 is 10.1 Å². The van der Waals surface area contributed by atoms with E-state index in [0.717, 1.165) is 25.0 Å². The Bertz CT molecular complexity index is 919. The fourth-order valence-electron chi connectivity index (χ4n) is 3.92. The number of carbonyl (C=O) groups excluding carboxylic acids is 1. The Kier molecular flexibility index (Phi) is 6.58. The molecule has 0 aliphatic heterocycles. The number of amides is 1. The largest absolute Gasteiger partial charge is 0.417 e. The van der Waals surface area contributed by atoms with Crippen molar-refractivity contribution in [2.45, 2.75) is 60.7 Å². The third-order valence-corrected chi connectivity index (χ3v) is 8.49. The molecule has 0 radical (unpaired) electrons. The van der Waals surface area contributed by atoms with Crippen LogP contribution in [0.25, 0.3) is 0 Å². The van der Waals surface area contributed by atoms with Gasteiger partial charge in [-0.1, -0.05) is 15.9 Å². The first-order valence-corrected chi connectivity index (χ1v) is 12.0. The van der Waals surface area contributed by atoms with Gasteiger partial charge in [-0.3, -0.25) is 10.1 Å². The molecule has 2 fully saturated rings. The minimum Gasteiger partial charge on any atom is -0.378 e. The summed E-state index contributed by atoms with van der Waals surface area (Å²) in [5.74, 6) is -1.09. The fourth-order valence-corrected chi connectivity index (χ4v) is 6.29. The minimum atomic E-state index is -4.83. The summed E-state index contributed by atoms with van der Waals surface area (Å²) in [6.07, 6.45) is -4.10. The van der Waals surface area contributed by atoms with Crippen molar-refractivity contribution in [3.8, 4) is 0 Å². The second kappa shape index (κ2) is 8.40.